The van der Waals surface area contributed by atoms with E-state index in [4.69, 9.17) is 17.0 Å². The number of hydrogen-bond acceptors (Lipinski definition) is 4. The number of rotatable bonds is 5. The van der Waals surface area contributed by atoms with Crippen molar-refractivity contribution in [2.45, 2.75) is 0 Å². The fourth-order valence-electron chi connectivity index (χ4n) is 1.38. The third kappa shape index (κ3) is 4.26. The smallest absolute Gasteiger partial charge is 0.337 e. The molecule has 5 nitrogen and oxygen atoms in total. The summed E-state index contributed by atoms with van der Waals surface area (Å²) >= 11 is 5.10. The summed E-state index contributed by atoms with van der Waals surface area (Å²) in [5, 5.41) is 6.30. The number of anilines is 1. The Labute approximate surface area is 117 Å². The molecule has 6 heteroatoms. The van der Waals surface area contributed by atoms with Crippen LogP contribution in [0.1, 0.15) is 10.4 Å². The van der Waals surface area contributed by atoms with Crippen LogP contribution in [0, 0.1) is 0 Å². The molecule has 0 fully saturated rings. The van der Waals surface area contributed by atoms with Gasteiger partial charge in [-0.05, 0) is 30.4 Å². The van der Waals surface area contributed by atoms with Crippen molar-refractivity contribution in [1.82, 2.24) is 5.32 Å². The number of ether oxygens (including phenoxy) is 2. The molecule has 0 aliphatic heterocycles. The number of esters is 1. The maximum absolute atomic E-state index is 11.5. The van der Waals surface area contributed by atoms with Crippen molar-refractivity contribution in [3.8, 4) is 5.75 Å². The Morgan fingerprint density at radius 3 is 2.79 bits per heavy atom. The van der Waals surface area contributed by atoms with Crippen LogP contribution in [0.15, 0.2) is 30.9 Å². The second-order valence-corrected chi connectivity index (χ2v) is 3.94. The second kappa shape index (κ2) is 7.38. The number of thiocarbonyl (C=S) groups is 1. The van der Waals surface area contributed by atoms with Gasteiger partial charge in [0, 0.05) is 6.54 Å². The van der Waals surface area contributed by atoms with Gasteiger partial charge in [0.05, 0.1) is 25.5 Å². The lowest BCUT2D eigenvalue weighted by molar-refractivity contribution is 0.0601. The van der Waals surface area contributed by atoms with Gasteiger partial charge in [-0.1, -0.05) is 6.08 Å². The molecule has 0 spiro atoms. The number of nitrogens with one attached hydrogen (secondary N) is 2. The zero-order chi connectivity index (χ0) is 14.3. The normalized spacial score (nSPS) is 9.37. The zero-order valence-electron chi connectivity index (χ0n) is 10.9. The average molecular weight is 280 g/mol. The van der Waals surface area contributed by atoms with E-state index >= 15 is 0 Å². The number of hydrogen-bond donors (Lipinski definition) is 2. The van der Waals surface area contributed by atoms with Gasteiger partial charge in [-0.3, -0.25) is 0 Å². The first-order valence-corrected chi connectivity index (χ1v) is 5.95. The molecule has 0 aromatic heterocycles. The number of benzene rings is 1. The molecule has 1 rings (SSSR count). The molecule has 0 saturated carbocycles. The van der Waals surface area contributed by atoms with E-state index in [0.29, 0.717) is 28.7 Å². The van der Waals surface area contributed by atoms with Crippen LogP contribution >= 0.6 is 12.2 Å². The fraction of sp³-hybridized carbons (Fsp3) is 0.231. The van der Waals surface area contributed by atoms with Gasteiger partial charge in [-0.2, -0.15) is 0 Å². The largest absolute Gasteiger partial charge is 0.495 e. The summed E-state index contributed by atoms with van der Waals surface area (Å²) in [5.41, 5.74) is 1.00. The van der Waals surface area contributed by atoms with Gasteiger partial charge in [0.1, 0.15) is 5.75 Å². The fourth-order valence-corrected chi connectivity index (χ4v) is 1.58. The molecule has 0 heterocycles. The minimum Gasteiger partial charge on any atom is -0.495 e. The molecule has 0 unspecified atom stereocenters. The van der Waals surface area contributed by atoms with Crippen LogP contribution in [0.4, 0.5) is 5.69 Å². The highest BCUT2D eigenvalue weighted by molar-refractivity contribution is 7.80. The van der Waals surface area contributed by atoms with Gasteiger partial charge in [0.15, 0.2) is 5.11 Å². The summed E-state index contributed by atoms with van der Waals surface area (Å²) in [6.07, 6.45) is 1.69. The molecule has 1 aromatic carbocycles. The Morgan fingerprint density at radius 1 is 1.47 bits per heavy atom. The quantitative estimate of drug-likeness (QED) is 0.488. The molecule has 0 amide bonds. The lowest BCUT2D eigenvalue weighted by atomic mass is 10.2. The lowest BCUT2D eigenvalue weighted by Gasteiger charge is -2.13. The van der Waals surface area contributed by atoms with Crippen LogP contribution < -0.4 is 15.4 Å². The molecular formula is C13H16N2O3S. The van der Waals surface area contributed by atoms with Gasteiger partial charge in [0.2, 0.25) is 0 Å². The van der Waals surface area contributed by atoms with Crippen molar-refractivity contribution >= 4 is 29.0 Å². The monoisotopic (exact) mass is 280 g/mol. The number of methoxy groups -OCH3 is 2. The predicted molar refractivity (Wildman–Crippen MR) is 78.8 cm³/mol. The van der Waals surface area contributed by atoms with Gasteiger partial charge < -0.3 is 20.1 Å². The first kappa shape index (κ1) is 15.0. The molecule has 0 radical (unpaired) electrons. The number of carbonyl (C=O) groups is 1. The van der Waals surface area contributed by atoms with E-state index in [1.807, 2.05) is 0 Å². The van der Waals surface area contributed by atoms with E-state index in [0.717, 1.165) is 0 Å². The third-order valence-corrected chi connectivity index (χ3v) is 2.52. The lowest BCUT2D eigenvalue weighted by Crippen LogP contribution is -2.28. The molecule has 0 atom stereocenters. The number of carbonyl (C=O) groups excluding carboxylic acids is 1. The summed E-state index contributed by atoms with van der Waals surface area (Å²) < 4.78 is 9.86. The molecule has 0 aliphatic rings. The summed E-state index contributed by atoms with van der Waals surface area (Å²) in [6, 6.07) is 4.91. The Balaban J connectivity index is 2.92. The van der Waals surface area contributed by atoms with Crippen LogP contribution in [0.5, 0.6) is 5.75 Å². The molecule has 0 aliphatic carbocycles. The first-order valence-electron chi connectivity index (χ1n) is 5.54. The van der Waals surface area contributed by atoms with E-state index in [-0.39, 0.29) is 0 Å². The molecule has 0 bridgehead atoms. The maximum atomic E-state index is 11.5. The Bertz CT molecular complexity index is 489. The van der Waals surface area contributed by atoms with Gasteiger partial charge in [-0.25, -0.2) is 4.79 Å². The Morgan fingerprint density at radius 2 is 2.21 bits per heavy atom. The van der Waals surface area contributed by atoms with Crippen LogP contribution in [-0.2, 0) is 4.74 Å². The molecule has 0 saturated heterocycles. The zero-order valence-corrected chi connectivity index (χ0v) is 11.7. The highest BCUT2D eigenvalue weighted by Gasteiger charge is 2.11. The van der Waals surface area contributed by atoms with Gasteiger partial charge in [0.25, 0.3) is 0 Å². The molecule has 1 aromatic rings. The second-order valence-electron chi connectivity index (χ2n) is 3.53. The SMILES string of the molecule is C=CCNC(=S)Nc1cc(C(=O)OC)ccc1OC. The van der Waals surface area contributed by atoms with Crippen molar-refractivity contribution in [2.24, 2.45) is 0 Å². The highest BCUT2D eigenvalue weighted by Crippen LogP contribution is 2.25. The Hall–Kier alpha value is -2.08. The summed E-state index contributed by atoms with van der Waals surface area (Å²) in [5.74, 6) is 0.158. The average Bonchev–Trinajstić information content (AvgIpc) is 2.44. The van der Waals surface area contributed by atoms with Crippen molar-refractivity contribution in [1.29, 1.82) is 0 Å². The van der Waals surface area contributed by atoms with Crippen LogP contribution in [-0.4, -0.2) is 31.8 Å². The van der Waals surface area contributed by atoms with E-state index in [1.165, 1.54) is 7.11 Å². The molecular weight excluding hydrogens is 264 g/mol. The van der Waals surface area contributed by atoms with Crippen molar-refractivity contribution in [3.05, 3.63) is 36.4 Å². The van der Waals surface area contributed by atoms with Crippen molar-refractivity contribution in [3.63, 3.8) is 0 Å². The van der Waals surface area contributed by atoms with E-state index in [1.54, 1.807) is 31.4 Å². The summed E-state index contributed by atoms with van der Waals surface area (Å²) in [4.78, 5) is 11.5. The summed E-state index contributed by atoms with van der Waals surface area (Å²) in [7, 11) is 2.87. The minimum absolute atomic E-state index is 0.414. The Kier molecular flexibility index (Phi) is 5.81. The standard InChI is InChI=1S/C13H16N2O3S/c1-4-7-14-13(19)15-10-8-9(12(16)18-3)5-6-11(10)17-2/h4-6,8H,1,7H2,2-3H3,(H2,14,15,19). The van der Waals surface area contributed by atoms with E-state index < -0.39 is 5.97 Å². The van der Waals surface area contributed by atoms with E-state index in [9.17, 15) is 4.79 Å². The van der Waals surface area contributed by atoms with Gasteiger partial charge in [-0.15, -0.1) is 6.58 Å². The maximum Gasteiger partial charge on any atom is 0.337 e. The minimum atomic E-state index is -0.421. The third-order valence-electron chi connectivity index (χ3n) is 2.28. The molecule has 102 valence electrons. The molecule has 19 heavy (non-hydrogen) atoms. The van der Waals surface area contributed by atoms with Crippen LogP contribution in [0.25, 0.3) is 0 Å². The summed E-state index contributed by atoms with van der Waals surface area (Å²) in [6.45, 7) is 4.13. The van der Waals surface area contributed by atoms with Crippen molar-refractivity contribution in [2.75, 3.05) is 26.1 Å². The first-order chi connectivity index (χ1) is 9.12. The van der Waals surface area contributed by atoms with Crippen LogP contribution in [0.3, 0.4) is 0 Å². The van der Waals surface area contributed by atoms with Crippen LogP contribution in [0.2, 0.25) is 0 Å². The highest BCUT2D eigenvalue weighted by atomic mass is 32.1. The predicted octanol–water partition coefficient (Wildman–Crippen LogP) is 1.95. The topological polar surface area (TPSA) is 59.6 Å². The van der Waals surface area contributed by atoms with Crippen molar-refractivity contribution < 1.29 is 14.3 Å². The van der Waals surface area contributed by atoms with Gasteiger partial charge >= 0.3 is 5.97 Å². The van der Waals surface area contributed by atoms with E-state index in [2.05, 4.69) is 21.9 Å². The molecule has 2 N–H and O–H groups in total.